The summed E-state index contributed by atoms with van der Waals surface area (Å²) in [7, 11) is 1.36. The van der Waals surface area contributed by atoms with Gasteiger partial charge in [-0.3, -0.25) is 9.67 Å². The Morgan fingerprint density at radius 1 is 1.17 bits per heavy atom. The van der Waals surface area contributed by atoms with Crippen molar-refractivity contribution in [3.63, 3.8) is 0 Å². The molecule has 11 heteroatoms. The van der Waals surface area contributed by atoms with E-state index in [4.69, 9.17) is 7.26 Å². The molecule has 186 valence electrons. The van der Waals surface area contributed by atoms with Gasteiger partial charge in [0.2, 0.25) is 5.92 Å². The summed E-state index contributed by atoms with van der Waals surface area (Å²) in [5.41, 5.74) is 0.797. The molecule has 4 aromatic heterocycles. The first-order chi connectivity index (χ1) is 17.2. The number of hydrogen-bond donors (Lipinski definition) is 0. The van der Waals surface area contributed by atoms with Crippen molar-refractivity contribution in [3.8, 4) is 22.3 Å². The van der Waals surface area contributed by atoms with Gasteiger partial charge in [-0.2, -0.15) is 18.3 Å². The molecule has 0 unspecified atom stereocenters. The molecular weight excluding hydrogens is 469 g/mol. The van der Waals surface area contributed by atoms with Crippen LogP contribution in [-0.2, 0) is 19.7 Å². The third kappa shape index (κ3) is 4.32. The molecule has 0 saturated heterocycles. The molecule has 5 rings (SSSR count). The molecule has 1 aliphatic rings. The highest BCUT2D eigenvalue weighted by Crippen LogP contribution is 2.41. The van der Waals surface area contributed by atoms with Gasteiger partial charge in [-0.05, 0) is 38.7 Å². The Hall–Kier alpha value is -3.24. The summed E-state index contributed by atoms with van der Waals surface area (Å²) < 4.78 is 94.5. The van der Waals surface area contributed by atoms with Gasteiger partial charge in [0.1, 0.15) is 5.76 Å². The SMILES string of the molecule is [2H]C([2H])(C1CCC(F)(F)CC1)n1cc(-c2cn(C)nc2C(F)(F)F)c2ncc(-c3c(C)noc3C)cc21. The fraction of sp³-hybridized carbons (Fsp3) is 0.458. The lowest BCUT2D eigenvalue weighted by Crippen LogP contribution is -2.26. The van der Waals surface area contributed by atoms with E-state index in [2.05, 4.69) is 15.2 Å². The fourth-order valence-corrected chi connectivity index (χ4v) is 4.70. The van der Waals surface area contributed by atoms with Crippen molar-refractivity contribution in [2.24, 2.45) is 13.0 Å². The Labute approximate surface area is 200 Å². The topological polar surface area (TPSA) is 61.7 Å². The van der Waals surface area contributed by atoms with Crippen LogP contribution in [0.2, 0.25) is 0 Å². The summed E-state index contributed by atoms with van der Waals surface area (Å²) >= 11 is 0. The van der Waals surface area contributed by atoms with Crippen LogP contribution in [0.5, 0.6) is 0 Å². The molecule has 1 fully saturated rings. The molecule has 6 nitrogen and oxygen atoms in total. The van der Waals surface area contributed by atoms with Gasteiger partial charge in [-0.1, -0.05) is 5.16 Å². The van der Waals surface area contributed by atoms with Gasteiger partial charge in [-0.25, -0.2) is 8.78 Å². The van der Waals surface area contributed by atoms with E-state index in [1.54, 1.807) is 19.9 Å². The van der Waals surface area contributed by atoms with Crippen LogP contribution in [0.4, 0.5) is 22.0 Å². The highest BCUT2D eigenvalue weighted by Gasteiger charge is 2.39. The summed E-state index contributed by atoms with van der Waals surface area (Å²) in [6.07, 6.45) is -1.81. The van der Waals surface area contributed by atoms with Crippen molar-refractivity contribution < 1.29 is 29.2 Å². The first-order valence-corrected chi connectivity index (χ1v) is 11.1. The average Bonchev–Trinajstić information content (AvgIpc) is 3.47. The second-order valence-electron chi connectivity index (χ2n) is 9.03. The van der Waals surface area contributed by atoms with Crippen LogP contribution < -0.4 is 0 Å². The molecule has 0 radical (unpaired) electrons. The van der Waals surface area contributed by atoms with E-state index in [-0.39, 0.29) is 35.0 Å². The predicted octanol–water partition coefficient (Wildman–Crippen LogP) is 6.55. The van der Waals surface area contributed by atoms with Gasteiger partial charge in [0, 0.05) is 67.2 Å². The Morgan fingerprint density at radius 3 is 2.51 bits per heavy atom. The lowest BCUT2D eigenvalue weighted by molar-refractivity contribution is -0.140. The molecular formula is C24H24F5N5O. The van der Waals surface area contributed by atoms with E-state index < -0.39 is 43.0 Å². The Bertz CT molecular complexity index is 1460. The molecule has 0 aliphatic heterocycles. The summed E-state index contributed by atoms with van der Waals surface area (Å²) in [4.78, 5) is 4.45. The fourth-order valence-electron chi connectivity index (χ4n) is 4.70. The van der Waals surface area contributed by atoms with Crippen molar-refractivity contribution in [2.75, 3.05) is 0 Å². The molecule has 0 spiro atoms. The first-order valence-electron chi connectivity index (χ1n) is 12.1. The summed E-state index contributed by atoms with van der Waals surface area (Å²) in [6, 6.07) is 1.62. The third-order valence-electron chi connectivity index (χ3n) is 6.39. The number of nitrogens with zero attached hydrogens (tertiary/aromatic N) is 5. The van der Waals surface area contributed by atoms with Crippen molar-refractivity contribution in [1.29, 1.82) is 0 Å². The average molecular weight is 495 g/mol. The minimum Gasteiger partial charge on any atom is -0.361 e. The van der Waals surface area contributed by atoms with E-state index in [9.17, 15) is 22.0 Å². The first kappa shape index (κ1) is 21.1. The minimum absolute atomic E-state index is 0.0470. The third-order valence-corrected chi connectivity index (χ3v) is 6.39. The number of fused-ring (bicyclic) bond motifs is 1. The zero-order valence-electron chi connectivity index (χ0n) is 21.2. The van der Waals surface area contributed by atoms with E-state index in [1.165, 1.54) is 30.2 Å². The van der Waals surface area contributed by atoms with Crippen molar-refractivity contribution in [1.82, 2.24) is 24.5 Å². The number of rotatable bonds is 4. The zero-order chi connectivity index (χ0) is 26.9. The molecule has 0 amide bonds. The number of aromatic nitrogens is 5. The van der Waals surface area contributed by atoms with Gasteiger partial charge in [0.05, 0.1) is 19.5 Å². The molecule has 1 saturated carbocycles. The normalized spacial score (nSPS) is 18.2. The van der Waals surface area contributed by atoms with Gasteiger partial charge in [0.15, 0.2) is 5.69 Å². The van der Waals surface area contributed by atoms with Crippen molar-refractivity contribution in [3.05, 3.63) is 41.8 Å². The number of alkyl halides is 5. The van der Waals surface area contributed by atoms with E-state index >= 15 is 0 Å². The second kappa shape index (κ2) is 8.17. The predicted molar refractivity (Wildman–Crippen MR) is 119 cm³/mol. The lowest BCUT2D eigenvalue weighted by Gasteiger charge is -2.28. The van der Waals surface area contributed by atoms with Gasteiger partial charge < -0.3 is 9.09 Å². The summed E-state index contributed by atoms with van der Waals surface area (Å²) in [5, 5.41) is 7.51. The van der Waals surface area contributed by atoms with Gasteiger partial charge in [0.25, 0.3) is 0 Å². The Balaban J connectivity index is 1.74. The van der Waals surface area contributed by atoms with Crippen LogP contribution in [0.1, 0.15) is 45.6 Å². The molecule has 1 aliphatic carbocycles. The van der Waals surface area contributed by atoms with Crippen LogP contribution in [0.25, 0.3) is 33.3 Å². The van der Waals surface area contributed by atoms with Crippen LogP contribution in [-0.4, -0.2) is 30.4 Å². The maximum absolute atomic E-state index is 13.8. The van der Waals surface area contributed by atoms with Crippen LogP contribution in [0.3, 0.4) is 0 Å². The quantitative estimate of drug-likeness (QED) is 0.301. The number of pyridine rings is 1. The zero-order valence-corrected chi connectivity index (χ0v) is 19.2. The lowest BCUT2D eigenvalue weighted by atomic mass is 9.87. The number of hydrogen-bond acceptors (Lipinski definition) is 4. The van der Waals surface area contributed by atoms with Crippen LogP contribution in [0, 0.1) is 19.8 Å². The number of aryl methyl sites for hydroxylation is 3. The monoisotopic (exact) mass is 495 g/mol. The molecule has 4 heterocycles. The minimum atomic E-state index is -4.75. The molecule has 0 bridgehead atoms. The molecule has 35 heavy (non-hydrogen) atoms. The maximum atomic E-state index is 13.8. The summed E-state index contributed by atoms with van der Waals surface area (Å²) in [5.74, 6) is -3.12. The van der Waals surface area contributed by atoms with Crippen molar-refractivity contribution >= 4 is 11.0 Å². The highest BCUT2D eigenvalue weighted by atomic mass is 19.4. The molecule has 0 aromatic carbocycles. The Kier molecular flexibility index (Phi) is 4.92. The van der Waals surface area contributed by atoms with Crippen molar-refractivity contribution in [2.45, 2.75) is 58.1 Å². The van der Waals surface area contributed by atoms with E-state index in [1.807, 2.05) is 0 Å². The van der Waals surface area contributed by atoms with E-state index in [0.717, 1.165) is 4.68 Å². The maximum Gasteiger partial charge on any atom is 0.435 e. The van der Waals surface area contributed by atoms with Gasteiger partial charge in [-0.15, -0.1) is 0 Å². The molecule has 0 N–H and O–H groups in total. The van der Waals surface area contributed by atoms with Gasteiger partial charge >= 0.3 is 6.18 Å². The van der Waals surface area contributed by atoms with Crippen LogP contribution >= 0.6 is 0 Å². The summed E-state index contributed by atoms with van der Waals surface area (Å²) in [6.45, 7) is 1.26. The molecule has 4 aromatic rings. The smallest absolute Gasteiger partial charge is 0.361 e. The standard InChI is InChI=1S/C24H24F5N5O/c1-13-20(14(2)35-32-13)16-8-19-21(30-9-16)17(18-11-33(3)31-22(18)24(27,28)29)12-34(19)10-15-4-6-23(25,26)7-5-15/h8-9,11-12,15H,4-7,10H2,1-3H3/i10D2. The molecule has 0 atom stereocenters. The Morgan fingerprint density at radius 2 is 1.89 bits per heavy atom. The second-order valence-corrected chi connectivity index (χ2v) is 9.03. The largest absolute Gasteiger partial charge is 0.435 e. The highest BCUT2D eigenvalue weighted by molar-refractivity contribution is 5.95. The number of halogens is 5. The van der Waals surface area contributed by atoms with E-state index in [0.29, 0.717) is 22.6 Å². The van der Waals surface area contributed by atoms with Crippen LogP contribution in [0.15, 0.2) is 29.2 Å².